The molecule has 2 amide bonds. The Kier molecular flexibility index (Phi) is 4.85. The van der Waals surface area contributed by atoms with Crippen LogP contribution in [0.4, 0.5) is 5.69 Å². The van der Waals surface area contributed by atoms with Gasteiger partial charge < -0.3 is 14.3 Å². The van der Waals surface area contributed by atoms with Crippen LogP contribution in [0, 0.1) is 5.92 Å². The number of fused-ring (bicyclic) bond motifs is 3. The molecule has 6 nitrogen and oxygen atoms in total. The second-order valence-corrected chi connectivity index (χ2v) is 9.55. The van der Waals surface area contributed by atoms with E-state index in [0.29, 0.717) is 34.4 Å². The molecule has 2 aliphatic rings. The number of furan rings is 1. The molecule has 2 aromatic heterocycles. The van der Waals surface area contributed by atoms with Gasteiger partial charge in [0.2, 0.25) is 5.91 Å². The summed E-state index contributed by atoms with van der Waals surface area (Å²) in [7, 11) is 0. The molecule has 0 saturated heterocycles. The van der Waals surface area contributed by atoms with Gasteiger partial charge in [0.05, 0.1) is 18.3 Å². The van der Waals surface area contributed by atoms with Crippen LogP contribution in [0.2, 0.25) is 5.02 Å². The van der Waals surface area contributed by atoms with Crippen molar-refractivity contribution in [3.05, 3.63) is 53.4 Å². The molecule has 1 fully saturated rings. The van der Waals surface area contributed by atoms with Gasteiger partial charge in [-0.25, -0.2) is 0 Å². The number of rotatable bonds is 3. The molecule has 0 spiro atoms. The van der Waals surface area contributed by atoms with E-state index >= 15 is 0 Å². The fraction of sp³-hybridized carbons (Fsp3) is 0.417. The summed E-state index contributed by atoms with van der Waals surface area (Å²) < 4.78 is 7.42. The molecular formula is C24H26ClN3O3. The second-order valence-electron chi connectivity index (χ2n) is 9.11. The average molecular weight is 440 g/mol. The van der Waals surface area contributed by atoms with E-state index in [0.717, 1.165) is 31.2 Å². The van der Waals surface area contributed by atoms with Crippen molar-refractivity contribution in [2.75, 3.05) is 4.90 Å². The Morgan fingerprint density at radius 3 is 2.71 bits per heavy atom. The maximum absolute atomic E-state index is 13.7. The predicted octanol–water partition coefficient (Wildman–Crippen LogP) is 5.00. The summed E-state index contributed by atoms with van der Waals surface area (Å²) in [5.74, 6) is 0.311. The third-order valence-corrected chi connectivity index (χ3v) is 7.05. The summed E-state index contributed by atoms with van der Waals surface area (Å²) in [5, 5.41) is 3.76. The van der Waals surface area contributed by atoms with Crippen molar-refractivity contribution in [2.24, 2.45) is 5.92 Å². The maximum Gasteiger partial charge on any atom is 0.276 e. The zero-order chi connectivity index (χ0) is 21.8. The Hall–Kier alpha value is -2.73. The highest BCUT2D eigenvalue weighted by Crippen LogP contribution is 2.37. The van der Waals surface area contributed by atoms with Crippen molar-refractivity contribution in [1.29, 1.82) is 0 Å². The van der Waals surface area contributed by atoms with Gasteiger partial charge in [-0.15, -0.1) is 0 Å². The lowest BCUT2D eigenvalue weighted by Gasteiger charge is -2.44. The minimum absolute atomic E-state index is 0.136. The van der Waals surface area contributed by atoms with Gasteiger partial charge in [-0.3, -0.25) is 14.5 Å². The molecule has 3 heterocycles. The molecule has 1 atom stereocenters. The van der Waals surface area contributed by atoms with Crippen molar-refractivity contribution < 1.29 is 14.0 Å². The Bertz CT molecular complexity index is 1160. The molecule has 3 aromatic rings. The first-order valence-corrected chi connectivity index (χ1v) is 11.2. The van der Waals surface area contributed by atoms with Crippen molar-refractivity contribution in [1.82, 2.24) is 9.88 Å². The van der Waals surface area contributed by atoms with Crippen molar-refractivity contribution in [2.45, 2.75) is 57.7 Å². The molecule has 31 heavy (non-hydrogen) atoms. The highest BCUT2D eigenvalue weighted by Gasteiger charge is 2.49. The van der Waals surface area contributed by atoms with Crippen molar-refractivity contribution in [3.63, 3.8) is 0 Å². The van der Waals surface area contributed by atoms with Gasteiger partial charge in [-0.1, -0.05) is 24.6 Å². The standard InChI is InChI=1S/C24H26ClN3O3/c1-15-6-8-17(9-7-15)26-23(30)24(2)14-27-19-10-11-31-21(19)13-20(27)22(29)28(24)18-5-3-4-16(25)12-18/h3-5,10-13,15,17H,6-9,14H2,1-2H3,(H,26,30). The van der Waals surface area contributed by atoms with Crippen LogP contribution in [0.1, 0.15) is 50.0 Å². The number of carbonyl (C=O) groups is 2. The molecule has 1 saturated carbocycles. The third kappa shape index (κ3) is 3.33. The molecule has 5 rings (SSSR count). The lowest BCUT2D eigenvalue weighted by molar-refractivity contribution is -0.127. The predicted molar refractivity (Wildman–Crippen MR) is 120 cm³/mol. The van der Waals surface area contributed by atoms with Gasteiger partial charge in [0, 0.05) is 28.9 Å². The fourth-order valence-corrected chi connectivity index (χ4v) is 5.16. The Morgan fingerprint density at radius 1 is 1.19 bits per heavy atom. The van der Waals surface area contributed by atoms with Gasteiger partial charge in [0.15, 0.2) is 5.58 Å². The van der Waals surface area contributed by atoms with Crippen molar-refractivity contribution in [3.8, 4) is 0 Å². The minimum atomic E-state index is -1.11. The van der Waals surface area contributed by atoms with Gasteiger partial charge >= 0.3 is 0 Å². The van der Waals surface area contributed by atoms with E-state index in [1.807, 2.05) is 23.6 Å². The largest absolute Gasteiger partial charge is 0.463 e. The summed E-state index contributed by atoms with van der Waals surface area (Å²) in [6, 6.07) is 10.8. The van der Waals surface area contributed by atoms with E-state index in [4.69, 9.17) is 16.0 Å². The molecule has 0 bridgehead atoms. The third-order valence-electron chi connectivity index (χ3n) is 6.81. The zero-order valence-corrected chi connectivity index (χ0v) is 18.5. The lowest BCUT2D eigenvalue weighted by Crippen LogP contribution is -2.65. The van der Waals surface area contributed by atoms with Gasteiger partial charge in [-0.05, 0) is 56.7 Å². The highest BCUT2D eigenvalue weighted by molar-refractivity contribution is 6.31. The number of hydrogen-bond acceptors (Lipinski definition) is 3. The Morgan fingerprint density at radius 2 is 1.97 bits per heavy atom. The summed E-state index contributed by atoms with van der Waals surface area (Å²) in [4.78, 5) is 29.0. The molecule has 7 heteroatoms. The molecule has 1 unspecified atom stereocenters. The molecular weight excluding hydrogens is 414 g/mol. The zero-order valence-electron chi connectivity index (χ0n) is 17.7. The summed E-state index contributed by atoms with van der Waals surface area (Å²) in [5.41, 5.74) is 1.46. The quantitative estimate of drug-likeness (QED) is 0.624. The summed E-state index contributed by atoms with van der Waals surface area (Å²) in [6.45, 7) is 4.42. The molecule has 162 valence electrons. The second kappa shape index (κ2) is 7.45. The summed E-state index contributed by atoms with van der Waals surface area (Å²) in [6.07, 6.45) is 5.75. The average Bonchev–Trinajstić information content (AvgIpc) is 3.32. The molecule has 0 radical (unpaired) electrons. The Balaban J connectivity index is 1.57. The van der Waals surface area contributed by atoms with E-state index in [9.17, 15) is 9.59 Å². The fourth-order valence-electron chi connectivity index (χ4n) is 4.98. The van der Waals surface area contributed by atoms with Crippen LogP contribution in [-0.4, -0.2) is 28.0 Å². The highest BCUT2D eigenvalue weighted by atomic mass is 35.5. The molecule has 1 aromatic carbocycles. The number of benzene rings is 1. The number of halogens is 1. The molecule has 1 N–H and O–H groups in total. The number of nitrogens with one attached hydrogen (secondary N) is 1. The van der Waals surface area contributed by atoms with Crippen molar-refractivity contribution >= 4 is 40.2 Å². The smallest absolute Gasteiger partial charge is 0.276 e. The monoisotopic (exact) mass is 439 g/mol. The van der Waals surface area contributed by atoms with E-state index in [2.05, 4.69) is 12.2 Å². The lowest BCUT2D eigenvalue weighted by atomic mass is 9.86. The van der Waals surface area contributed by atoms with Crippen LogP contribution in [0.5, 0.6) is 0 Å². The van der Waals surface area contributed by atoms with Crippen LogP contribution in [0.25, 0.3) is 11.1 Å². The number of anilines is 1. The number of aromatic nitrogens is 1. The number of hydrogen-bond donors (Lipinski definition) is 1. The van der Waals surface area contributed by atoms with Crippen LogP contribution < -0.4 is 10.2 Å². The molecule has 1 aliphatic heterocycles. The van der Waals surface area contributed by atoms with Crippen LogP contribution >= 0.6 is 11.6 Å². The first-order chi connectivity index (χ1) is 14.9. The van der Waals surface area contributed by atoms with Crippen LogP contribution in [0.15, 0.2) is 47.1 Å². The van der Waals surface area contributed by atoms with E-state index in [-0.39, 0.29) is 17.9 Å². The van der Waals surface area contributed by atoms with E-state index in [1.54, 1.807) is 35.4 Å². The molecule has 1 aliphatic carbocycles. The van der Waals surface area contributed by atoms with Gasteiger partial charge in [0.1, 0.15) is 11.2 Å². The first kappa shape index (κ1) is 20.2. The topological polar surface area (TPSA) is 67.5 Å². The van der Waals surface area contributed by atoms with Gasteiger partial charge in [-0.2, -0.15) is 0 Å². The SMILES string of the molecule is CC1CCC(NC(=O)C2(C)Cn3c(cc4occc43)C(=O)N2c2cccc(Cl)c2)CC1. The van der Waals surface area contributed by atoms with Crippen LogP contribution in [-0.2, 0) is 11.3 Å². The van der Waals surface area contributed by atoms with E-state index in [1.165, 1.54) is 0 Å². The van der Waals surface area contributed by atoms with E-state index < -0.39 is 5.54 Å². The first-order valence-electron chi connectivity index (χ1n) is 10.8. The number of amides is 2. The minimum Gasteiger partial charge on any atom is -0.463 e. The summed E-state index contributed by atoms with van der Waals surface area (Å²) >= 11 is 6.24. The maximum atomic E-state index is 13.7. The van der Waals surface area contributed by atoms with Gasteiger partial charge in [0.25, 0.3) is 5.91 Å². The number of nitrogens with zero attached hydrogens (tertiary/aromatic N) is 2. The normalized spacial score (nSPS) is 26.2. The van der Waals surface area contributed by atoms with Crippen LogP contribution in [0.3, 0.4) is 0 Å². The number of carbonyl (C=O) groups excluding carboxylic acids is 2. The Labute approximate surface area is 186 Å².